The Morgan fingerprint density at radius 2 is 2.07 bits per heavy atom. The number of rotatable bonds is 4. The molecule has 1 aromatic carbocycles. The average molecular weight is 412 g/mol. The van der Waals surface area contributed by atoms with Gasteiger partial charge in [-0.1, -0.05) is 30.3 Å². The first-order valence-electron chi connectivity index (χ1n) is 8.59. The number of halogens is 1. The van der Waals surface area contributed by atoms with E-state index in [1.54, 1.807) is 24.3 Å². The molecule has 2 aromatic rings. The average Bonchev–Trinajstić information content (AvgIpc) is 3.00. The Morgan fingerprint density at radius 3 is 2.82 bits per heavy atom. The van der Waals surface area contributed by atoms with Gasteiger partial charge >= 0.3 is 13.5 Å². The van der Waals surface area contributed by atoms with E-state index in [4.69, 9.17) is 18.3 Å². The Hall–Kier alpha value is -2.10. The lowest BCUT2D eigenvalue weighted by Crippen LogP contribution is -2.39. The van der Waals surface area contributed by atoms with Gasteiger partial charge in [-0.15, -0.1) is 0 Å². The number of nitrogens with zero attached hydrogens (tertiary/aromatic N) is 1. The van der Waals surface area contributed by atoms with Gasteiger partial charge in [0.2, 0.25) is 0 Å². The number of hydrogen-bond acceptors (Lipinski definition) is 7. The van der Waals surface area contributed by atoms with Crippen molar-refractivity contribution in [2.75, 3.05) is 6.61 Å². The van der Waals surface area contributed by atoms with Gasteiger partial charge < -0.3 is 4.74 Å². The van der Waals surface area contributed by atoms with Gasteiger partial charge in [-0.3, -0.25) is 27.9 Å². The number of aryl methyl sites for hydroxylation is 1. The SMILES string of the molecule is Cc1cn([C@H]2O[C@H]3COP(=O)(OCc4ccccc4)O[C@@H]3[C@H]2F)c(=O)[nH]c1=O. The molecule has 3 heterocycles. The number of benzene rings is 1. The third kappa shape index (κ3) is 3.61. The van der Waals surface area contributed by atoms with Gasteiger partial charge in [0.1, 0.15) is 12.2 Å². The second kappa shape index (κ2) is 7.38. The second-order valence-corrected chi connectivity index (χ2v) is 8.18. The standard InChI is InChI=1S/C17H18FN2O7P/c1-10-7-20(17(22)19-15(10)21)16-13(18)14-12(26-16)9-25-28(23,27-14)24-8-11-5-3-2-4-6-11/h2-7,12-14,16H,8-9H2,1H3,(H,19,21,22)/t12-,13+,14-,16-,28?/m0/s1. The van der Waals surface area contributed by atoms with E-state index < -0.39 is 43.7 Å². The van der Waals surface area contributed by atoms with Gasteiger partial charge in [0.05, 0.1) is 13.2 Å². The Balaban J connectivity index is 1.50. The quantitative estimate of drug-likeness (QED) is 0.763. The van der Waals surface area contributed by atoms with E-state index >= 15 is 0 Å². The monoisotopic (exact) mass is 412 g/mol. The molecule has 2 saturated heterocycles. The molecule has 1 aromatic heterocycles. The summed E-state index contributed by atoms with van der Waals surface area (Å²) in [6.07, 6.45) is -4.06. The number of nitrogens with one attached hydrogen (secondary N) is 1. The van der Waals surface area contributed by atoms with Crippen LogP contribution in [-0.4, -0.2) is 34.5 Å². The third-order valence-corrected chi connectivity index (χ3v) is 5.98. The van der Waals surface area contributed by atoms with E-state index in [1.807, 2.05) is 6.07 Å². The van der Waals surface area contributed by atoms with Crippen LogP contribution in [0.1, 0.15) is 17.4 Å². The predicted molar refractivity (Wildman–Crippen MR) is 94.5 cm³/mol. The maximum Gasteiger partial charge on any atom is 0.475 e. The molecule has 1 N–H and O–H groups in total. The largest absolute Gasteiger partial charge is 0.475 e. The van der Waals surface area contributed by atoms with Crippen LogP contribution in [0.5, 0.6) is 0 Å². The first-order chi connectivity index (χ1) is 13.4. The molecule has 0 radical (unpaired) electrons. The molecule has 2 fully saturated rings. The van der Waals surface area contributed by atoms with Crippen LogP contribution in [-0.2, 0) is 29.5 Å². The fourth-order valence-electron chi connectivity index (χ4n) is 3.09. The van der Waals surface area contributed by atoms with Crippen molar-refractivity contribution in [2.45, 2.75) is 38.1 Å². The maximum absolute atomic E-state index is 15.0. The number of fused-ring (bicyclic) bond motifs is 1. The van der Waals surface area contributed by atoms with Crippen molar-refractivity contribution in [3.63, 3.8) is 0 Å². The van der Waals surface area contributed by atoms with E-state index in [0.717, 1.165) is 10.1 Å². The van der Waals surface area contributed by atoms with Gasteiger partial charge in [-0.2, -0.15) is 0 Å². The summed E-state index contributed by atoms with van der Waals surface area (Å²) < 4.78 is 49.9. The molecule has 28 heavy (non-hydrogen) atoms. The molecule has 5 atom stereocenters. The molecule has 0 aliphatic carbocycles. The summed E-state index contributed by atoms with van der Waals surface area (Å²) in [5.41, 5.74) is -0.407. The van der Waals surface area contributed by atoms with Gasteiger partial charge in [0.15, 0.2) is 12.4 Å². The molecule has 0 amide bonds. The van der Waals surface area contributed by atoms with E-state index in [2.05, 4.69) is 4.98 Å². The molecule has 9 nitrogen and oxygen atoms in total. The molecular weight excluding hydrogens is 394 g/mol. The lowest BCUT2D eigenvalue weighted by molar-refractivity contribution is -0.0730. The lowest BCUT2D eigenvalue weighted by atomic mass is 10.1. The minimum atomic E-state index is -4.00. The number of aromatic amines is 1. The van der Waals surface area contributed by atoms with E-state index in [9.17, 15) is 18.5 Å². The lowest BCUT2D eigenvalue weighted by Gasteiger charge is -2.30. The molecule has 1 unspecified atom stereocenters. The molecule has 2 aliphatic rings. The molecule has 0 saturated carbocycles. The number of ether oxygens (including phenoxy) is 1. The highest BCUT2D eigenvalue weighted by molar-refractivity contribution is 7.48. The fourth-order valence-corrected chi connectivity index (χ4v) is 4.48. The Morgan fingerprint density at radius 1 is 1.32 bits per heavy atom. The van der Waals surface area contributed by atoms with Gasteiger partial charge in [0, 0.05) is 11.8 Å². The normalized spacial score (nSPS) is 32.2. The summed E-state index contributed by atoms with van der Waals surface area (Å²) in [4.78, 5) is 25.6. The second-order valence-electron chi connectivity index (χ2n) is 6.56. The van der Waals surface area contributed by atoms with Crippen LogP contribution in [0.15, 0.2) is 46.1 Å². The Kier molecular flexibility index (Phi) is 5.07. The summed E-state index contributed by atoms with van der Waals surface area (Å²) >= 11 is 0. The molecule has 11 heteroatoms. The van der Waals surface area contributed by atoms with Crippen molar-refractivity contribution in [3.05, 3.63) is 68.5 Å². The number of H-pyrrole nitrogens is 1. The van der Waals surface area contributed by atoms with Crippen molar-refractivity contribution in [1.82, 2.24) is 9.55 Å². The minimum absolute atomic E-state index is 0.0324. The maximum atomic E-state index is 15.0. The van der Waals surface area contributed by atoms with Crippen LogP contribution in [0.3, 0.4) is 0 Å². The highest BCUT2D eigenvalue weighted by Crippen LogP contribution is 2.57. The summed E-state index contributed by atoms with van der Waals surface area (Å²) in [5, 5.41) is 0. The predicted octanol–water partition coefficient (Wildman–Crippen LogP) is 1.82. The summed E-state index contributed by atoms with van der Waals surface area (Å²) in [5.74, 6) is 0. The summed E-state index contributed by atoms with van der Waals surface area (Å²) in [6, 6.07) is 8.97. The number of phosphoric ester groups is 1. The summed E-state index contributed by atoms with van der Waals surface area (Å²) in [6.45, 7) is 1.23. The van der Waals surface area contributed by atoms with E-state index in [0.29, 0.717) is 0 Å². The first-order valence-corrected chi connectivity index (χ1v) is 10.1. The Bertz CT molecular complexity index is 1020. The topological polar surface area (TPSA) is 109 Å². The van der Waals surface area contributed by atoms with Crippen molar-refractivity contribution >= 4 is 7.82 Å². The minimum Gasteiger partial charge on any atom is -0.346 e. The first kappa shape index (κ1) is 19.2. The van der Waals surface area contributed by atoms with Crippen LogP contribution >= 0.6 is 7.82 Å². The van der Waals surface area contributed by atoms with Crippen LogP contribution in [0.25, 0.3) is 0 Å². The molecule has 150 valence electrons. The fraction of sp³-hybridized carbons (Fsp3) is 0.412. The zero-order chi connectivity index (χ0) is 19.9. The molecule has 0 spiro atoms. The van der Waals surface area contributed by atoms with Crippen LogP contribution in [0.4, 0.5) is 4.39 Å². The van der Waals surface area contributed by atoms with Gasteiger partial charge in [-0.25, -0.2) is 13.8 Å². The molecule has 2 aliphatic heterocycles. The zero-order valence-corrected chi connectivity index (χ0v) is 15.7. The van der Waals surface area contributed by atoms with Crippen LogP contribution in [0, 0.1) is 6.92 Å². The van der Waals surface area contributed by atoms with Crippen LogP contribution < -0.4 is 11.2 Å². The van der Waals surface area contributed by atoms with Gasteiger partial charge in [-0.05, 0) is 12.5 Å². The smallest absolute Gasteiger partial charge is 0.346 e. The number of aromatic nitrogens is 2. The van der Waals surface area contributed by atoms with Crippen molar-refractivity contribution < 1.29 is 27.3 Å². The number of alkyl halides is 1. The Labute approximate surface area is 158 Å². The molecular formula is C17H18FN2O7P. The highest BCUT2D eigenvalue weighted by Gasteiger charge is 2.54. The highest BCUT2D eigenvalue weighted by atomic mass is 31.2. The summed E-state index contributed by atoms with van der Waals surface area (Å²) in [7, 11) is -4.00. The molecule has 0 bridgehead atoms. The number of phosphoric acid groups is 1. The molecule has 4 rings (SSSR count). The van der Waals surface area contributed by atoms with Gasteiger partial charge in [0.25, 0.3) is 5.56 Å². The third-order valence-electron chi connectivity index (χ3n) is 4.57. The number of hydrogen-bond donors (Lipinski definition) is 1. The van der Waals surface area contributed by atoms with E-state index in [-0.39, 0.29) is 18.8 Å². The van der Waals surface area contributed by atoms with E-state index in [1.165, 1.54) is 13.1 Å². The van der Waals surface area contributed by atoms with Crippen molar-refractivity contribution in [3.8, 4) is 0 Å². The van der Waals surface area contributed by atoms with Crippen molar-refractivity contribution in [1.29, 1.82) is 0 Å². The van der Waals surface area contributed by atoms with Crippen molar-refractivity contribution in [2.24, 2.45) is 0 Å². The zero-order valence-electron chi connectivity index (χ0n) is 14.8. The van der Waals surface area contributed by atoms with Crippen LogP contribution in [0.2, 0.25) is 0 Å².